The smallest absolute Gasteiger partial charge is 0.310 e. The maximum atomic E-state index is 12.7. The van der Waals surface area contributed by atoms with Gasteiger partial charge in [0.2, 0.25) is 0 Å². The monoisotopic (exact) mass is 398 g/mol. The summed E-state index contributed by atoms with van der Waals surface area (Å²) in [6.45, 7) is 9.29. The summed E-state index contributed by atoms with van der Waals surface area (Å²) >= 11 is 3.41. The second kappa shape index (κ2) is 8.65. The van der Waals surface area contributed by atoms with Crippen molar-refractivity contribution in [2.45, 2.75) is 53.1 Å². The molecule has 4 nitrogen and oxygen atoms in total. The van der Waals surface area contributed by atoms with Crippen LogP contribution in [0, 0.1) is 17.8 Å². The predicted octanol–water partition coefficient (Wildman–Crippen LogP) is 4.70. The average Bonchev–Trinajstić information content (AvgIpc) is 2.40. The molecule has 0 radical (unpaired) electrons. The van der Waals surface area contributed by atoms with Crippen molar-refractivity contribution in [3.63, 3.8) is 0 Å². The van der Waals surface area contributed by atoms with Gasteiger partial charge in [0.15, 0.2) is 0 Å². The molecule has 0 aromatic heterocycles. The number of hydrogen-bond acceptors (Lipinski definition) is 3. The molecule has 0 fully saturated rings. The lowest BCUT2D eigenvalue weighted by molar-refractivity contribution is -0.167. The highest BCUT2D eigenvalue weighted by Gasteiger charge is 2.37. The lowest BCUT2D eigenvalue weighted by Crippen LogP contribution is -2.37. The van der Waals surface area contributed by atoms with E-state index in [9.17, 15) is 14.7 Å². The molecule has 0 spiro atoms. The van der Waals surface area contributed by atoms with Crippen molar-refractivity contribution >= 4 is 27.9 Å². The first-order valence-corrected chi connectivity index (χ1v) is 8.99. The van der Waals surface area contributed by atoms with Gasteiger partial charge in [-0.1, -0.05) is 41.9 Å². The zero-order valence-corrected chi connectivity index (χ0v) is 16.6. The normalized spacial score (nSPS) is 14.3. The van der Waals surface area contributed by atoms with Gasteiger partial charge in [-0.25, -0.2) is 0 Å². The Hall–Kier alpha value is -1.36. The van der Waals surface area contributed by atoms with Crippen LogP contribution >= 0.6 is 15.9 Å². The van der Waals surface area contributed by atoms with Gasteiger partial charge in [0.05, 0.1) is 11.8 Å². The Morgan fingerprint density at radius 2 is 1.83 bits per heavy atom. The molecule has 0 aliphatic rings. The van der Waals surface area contributed by atoms with E-state index in [0.29, 0.717) is 12.8 Å². The van der Waals surface area contributed by atoms with Gasteiger partial charge in [0.1, 0.15) is 5.60 Å². The Morgan fingerprint density at radius 1 is 1.21 bits per heavy atom. The van der Waals surface area contributed by atoms with E-state index >= 15 is 0 Å². The first kappa shape index (κ1) is 20.7. The molecule has 1 aromatic carbocycles. The molecule has 1 aromatic rings. The molecular formula is C19H27BrO4. The van der Waals surface area contributed by atoms with Crippen LogP contribution in [0.3, 0.4) is 0 Å². The van der Waals surface area contributed by atoms with E-state index in [1.807, 2.05) is 38.1 Å². The van der Waals surface area contributed by atoms with Crippen molar-refractivity contribution < 1.29 is 19.4 Å². The molecule has 134 valence electrons. The van der Waals surface area contributed by atoms with Crippen molar-refractivity contribution in [2.24, 2.45) is 17.8 Å². The van der Waals surface area contributed by atoms with Gasteiger partial charge in [0.25, 0.3) is 0 Å². The Kier molecular flexibility index (Phi) is 7.46. The summed E-state index contributed by atoms with van der Waals surface area (Å²) in [5.74, 6) is -2.69. The fraction of sp³-hybridized carbons (Fsp3) is 0.579. The first-order chi connectivity index (χ1) is 11.0. The van der Waals surface area contributed by atoms with Crippen LogP contribution in [0.25, 0.3) is 0 Å². The van der Waals surface area contributed by atoms with Crippen LogP contribution in [0.2, 0.25) is 0 Å². The number of hydrogen-bond donors (Lipinski definition) is 1. The number of aliphatic carboxylic acids is 1. The van der Waals surface area contributed by atoms with Crippen LogP contribution in [0.1, 0.15) is 46.6 Å². The SMILES string of the molecule is CC(C)C[C@@H](C(=O)O)[C@H](Cc1cccc(Br)c1)C(=O)OC(C)(C)C. The maximum Gasteiger partial charge on any atom is 0.310 e. The van der Waals surface area contributed by atoms with E-state index in [1.165, 1.54) is 0 Å². The standard InChI is InChI=1S/C19H27BrO4/c1-12(2)9-15(17(21)22)16(18(23)24-19(3,4)5)11-13-7-6-8-14(20)10-13/h6-8,10,12,15-16H,9,11H2,1-5H3,(H,21,22)/t15-,16+/m1/s1. The van der Waals surface area contributed by atoms with Crippen molar-refractivity contribution in [3.8, 4) is 0 Å². The third-order valence-corrected chi connectivity index (χ3v) is 4.08. The molecule has 2 atom stereocenters. The Labute approximate surface area is 152 Å². The molecule has 0 aliphatic heterocycles. The van der Waals surface area contributed by atoms with Crippen molar-refractivity contribution in [1.82, 2.24) is 0 Å². The quantitative estimate of drug-likeness (QED) is 0.676. The second-order valence-electron chi connectivity index (χ2n) is 7.55. The molecule has 0 amide bonds. The van der Waals surface area contributed by atoms with E-state index < -0.39 is 29.4 Å². The highest BCUT2D eigenvalue weighted by atomic mass is 79.9. The number of benzene rings is 1. The number of esters is 1. The Morgan fingerprint density at radius 3 is 2.29 bits per heavy atom. The molecule has 0 aliphatic carbocycles. The number of ether oxygens (including phenoxy) is 1. The zero-order valence-electron chi connectivity index (χ0n) is 15.0. The van der Waals surface area contributed by atoms with Gasteiger partial charge >= 0.3 is 11.9 Å². The van der Waals surface area contributed by atoms with E-state index in [1.54, 1.807) is 20.8 Å². The number of carboxylic acid groups (broad SMARTS) is 1. The third kappa shape index (κ3) is 7.04. The zero-order chi connectivity index (χ0) is 18.5. The van der Waals surface area contributed by atoms with Crippen LogP contribution < -0.4 is 0 Å². The van der Waals surface area contributed by atoms with Gasteiger partial charge < -0.3 is 9.84 Å². The fourth-order valence-electron chi connectivity index (χ4n) is 2.63. The summed E-state index contributed by atoms with van der Waals surface area (Å²) < 4.78 is 6.40. The van der Waals surface area contributed by atoms with E-state index in [4.69, 9.17) is 4.74 Å². The molecule has 1 N–H and O–H groups in total. The number of carboxylic acids is 1. The van der Waals surface area contributed by atoms with Crippen molar-refractivity contribution in [1.29, 1.82) is 0 Å². The van der Waals surface area contributed by atoms with E-state index in [2.05, 4.69) is 15.9 Å². The van der Waals surface area contributed by atoms with Gasteiger partial charge in [-0.3, -0.25) is 9.59 Å². The molecule has 24 heavy (non-hydrogen) atoms. The van der Waals surface area contributed by atoms with Gasteiger partial charge in [0, 0.05) is 4.47 Å². The molecule has 1 rings (SSSR count). The van der Waals surface area contributed by atoms with Crippen LogP contribution in [0.15, 0.2) is 28.7 Å². The van der Waals surface area contributed by atoms with Crippen LogP contribution in [0.4, 0.5) is 0 Å². The predicted molar refractivity (Wildman–Crippen MR) is 97.8 cm³/mol. The summed E-state index contributed by atoms with van der Waals surface area (Å²) in [7, 11) is 0. The first-order valence-electron chi connectivity index (χ1n) is 8.19. The number of rotatable bonds is 7. The molecule has 0 bridgehead atoms. The molecule has 0 saturated heterocycles. The largest absolute Gasteiger partial charge is 0.481 e. The number of carbonyl (C=O) groups is 2. The average molecular weight is 399 g/mol. The summed E-state index contributed by atoms with van der Waals surface area (Å²) in [5, 5.41) is 9.66. The molecule has 0 saturated carbocycles. The van der Waals surface area contributed by atoms with E-state index in [-0.39, 0.29) is 5.92 Å². The van der Waals surface area contributed by atoms with Crippen LogP contribution in [-0.2, 0) is 20.7 Å². The maximum absolute atomic E-state index is 12.7. The van der Waals surface area contributed by atoms with Crippen molar-refractivity contribution in [3.05, 3.63) is 34.3 Å². The fourth-order valence-corrected chi connectivity index (χ4v) is 3.08. The summed E-state index contributed by atoms with van der Waals surface area (Å²) in [6.07, 6.45) is 0.783. The summed E-state index contributed by atoms with van der Waals surface area (Å²) in [6, 6.07) is 7.58. The molecular weight excluding hydrogens is 372 g/mol. The number of halogens is 1. The highest BCUT2D eigenvalue weighted by molar-refractivity contribution is 9.10. The highest BCUT2D eigenvalue weighted by Crippen LogP contribution is 2.28. The Balaban J connectivity index is 3.13. The van der Waals surface area contributed by atoms with Gasteiger partial charge in [-0.2, -0.15) is 0 Å². The van der Waals surface area contributed by atoms with E-state index in [0.717, 1.165) is 10.0 Å². The summed E-state index contributed by atoms with van der Waals surface area (Å²) in [5.41, 5.74) is 0.267. The summed E-state index contributed by atoms with van der Waals surface area (Å²) in [4.78, 5) is 24.5. The Bertz CT molecular complexity index is 575. The molecule has 0 unspecified atom stereocenters. The third-order valence-electron chi connectivity index (χ3n) is 3.58. The van der Waals surface area contributed by atoms with Gasteiger partial charge in [-0.15, -0.1) is 0 Å². The lowest BCUT2D eigenvalue weighted by atomic mass is 9.81. The lowest BCUT2D eigenvalue weighted by Gasteiger charge is -2.28. The molecule has 0 heterocycles. The number of carbonyl (C=O) groups excluding carboxylic acids is 1. The van der Waals surface area contributed by atoms with Crippen molar-refractivity contribution in [2.75, 3.05) is 0 Å². The van der Waals surface area contributed by atoms with Gasteiger partial charge in [-0.05, 0) is 57.2 Å². The molecule has 5 heteroatoms. The minimum atomic E-state index is -0.949. The minimum Gasteiger partial charge on any atom is -0.481 e. The second-order valence-corrected chi connectivity index (χ2v) is 8.46. The minimum absolute atomic E-state index is 0.179. The van der Waals surface area contributed by atoms with Crippen LogP contribution in [-0.4, -0.2) is 22.6 Å². The van der Waals surface area contributed by atoms with Crippen LogP contribution in [0.5, 0.6) is 0 Å². The topological polar surface area (TPSA) is 63.6 Å².